The van der Waals surface area contributed by atoms with Gasteiger partial charge in [0.05, 0.1) is 6.04 Å². The van der Waals surface area contributed by atoms with E-state index in [0.717, 1.165) is 12.3 Å². The molecule has 1 N–H and O–H groups in total. The van der Waals surface area contributed by atoms with Gasteiger partial charge in [0, 0.05) is 11.4 Å². The molecule has 0 heterocycles. The second-order valence-corrected chi connectivity index (χ2v) is 4.29. The number of halogens is 1. The Kier molecular flexibility index (Phi) is 5.90. The third kappa shape index (κ3) is 4.68. The van der Waals surface area contributed by atoms with Crippen molar-refractivity contribution in [2.24, 2.45) is 0 Å². The van der Waals surface area contributed by atoms with Crippen molar-refractivity contribution in [3.05, 3.63) is 29.3 Å². The highest BCUT2D eigenvalue weighted by atomic mass is 35.5. The lowest BCUT2D eigenvalue weighted by atomic mass is 10.1. The first kappa shape index (κ1) is 13.9. The van der Waals surface area contributed by atoms with E-state index in [-0.39, 0.29) is 12.1 Å². The number of rotatable bonds is 6. The second-order valence-electron chi connectivity index (χ2n) is 3.85. The van der Waals surface area contributed by atoms with E-state index in [1.165, 1.54) is 0 Å². The molecular weight excluding hydrogens is 234 g/mol. The molecule has 92 valence electrons. The Bertz CT molecular complexity index is 386. The summed E-state index contributed by atoms with van der Waals surface area (Å²) in [6, 6.07) is 7.54. The van der Waals surface area contributed by atoms with Crippen LogP contribution in [0.4, 0.5) is 0 Å². The van der Waals surface area contributed by atoms with E-state index in [2.05, 4.69) is 18.2 Å². The first-order chi connectivity index (χ1) is 8.17. The first-order valence-electron chi connectivity index (χ1n) is 5.76. The molecule has 1 aromatic carbocycles. The van der Waals surface area contributed by atoms with Crippen molar-refractivity contribution in [2.45, 2.75) is 32.4 Å². The van der Waals surface area contributed by atoms with Crippen molar-refractivity contribution in [2.75, 3.05) is 6.54 Å². The van der Waals surface area contributed by atoms with Gasteiger partial charge in [-0.05, 0) is 31.7 Å². The molecule has 2 unspecified atom stereocenters. The Morgan fingerprint density at radius 1 is 1.53 bits per heavy atom. The van der Waals surface area contributed by atoms with Gasteiger partial charge in [-0.2, -0.15) is 0 Å². The molecule has 0 saturated carbocycles. The average Bonchev–Trinajstić information content (AvgIpc) is 2.28. The third-order valence-corrected chi connectivity index (χ3v) is 2.72. The van der Waals surface area contributed by atoms with E-state index in [9.17, 15) is 0 Å². The molecule has 2 nitrogen and oxygen atoms in total. The van der Waals surface area contributed by atoms with Crippen LogP contribution in [0.2, 0.25) is 5.02 Å². The van der Waals surface area contributed by atoms with E-state index in [0.29, 0.717) is 11.4 Å². The topological polar surface area (TPSA) is 21.3 Å². The summed E-state index contributed by atoms with van der Waals surface area (Å²) < 4.78 is 5.82. The average molecular weight is 252 g/mol. The van der Waals surface area contributed by atoms with Gasteiger partial charge in [0.15, 0.2) is 0 Å². The van der Waals surface area contributed by atoms with Crippen molar-refractivity contribution >= 4 is 11.6 Å². The lowest BCUT2D eigenvalue weighted by Crippen LogP contribution is -2.41. The minimum absolute atomic E-state index is 0.00414. The van der Waals surface area contributed by atoms with Crippen LogP contribution in [0.5, 0.6) is 5.75 Å². The minimum atomic E-state index is 0.00414. The monoisotopic (exact) mass is 251 g/mol. The number of likely N-dealkylation sites (N-methyl/N-ethyl adjacent to an activating group) is 1. The lowest BCUT2D eigenvalue weighted by Gasteiger charge is -2.24. The van der Waals surface area contributed by atoms with Gasteiger partial charge >= 0.3 is 0 Å². The summed E-state index contributed by atoms with van der Waals surface area (Å²) in [4.78, 5) is 0. The van der Waals surface area contributed by atoms with Gasteiger partial charge in [0.25, 0.3) is 0 Å². The summed E-state index contributed by atoms with van der Waals surface area (Å²) in [6.45, 7) is 4.93. The van der Waals surface area contributed by atoms with Gasteiger partial charge in [0.1, 0.15) is 11.9 Å². The van der Waals surface area contributed by atoms with E-state index < -0.39 is 0 Å². The second kappa shape index (κ2) is 7.21. The van der Waals surface area contributed by atoms with Gasteiger partial charge in [-0.3, -0.25) is 0 Å². The van der Waals surface area contributed by atoms with Gasteiger partial charge in [-0.15, -0.1) is 12.3 Å². The quantitative estimate of drug-likeness (QED) is 0.785. The predicted octanol–water partition coefficient (Wildman–Crippen LogP) is 3.11. The van der Waals surface area contributed by atoms with Crippen LogP contribution in [0.1, 0.15) is 20.3 Å². The van der Waals surface area contributed by atoms with Crippen molar-refractivity contribution < 1.29 is 4.74 Å². The van der Waals surface area contributed by atoms with Gasteiger partial charge < -0.3 is 10.1 Å². The molecule has 0 aromatic heterocycles. The standard InChI is InChI=1S/C14H18ClNO/c1-4-7-14(16-5-2)11(3)17-13-9-6-8-12(15)10-13/h1,6,8-11,14,16H,5,7H2,2-3H3. The Morgan fingerprint density at radius 3 is 2.88 bits per heavy atom. The van der Waals surface area contributed by atoms with E-state index in [1.54, 1.807) is 6.07 Å². The zero-order valence-electron chi connectivity index (χ0n) is 10.2. The molecule has 0 radical (unpaired) electrons. The Morgan fingerprint density at radius 2 is 2.29 bits per heavy atom. The maximum absolute atomic E-state index is 5.90. The van der Waals surface area contributed by atoms with Crippen LogP contribution in [-0.4, -0.2) is 18.7 Å². The first-order valence-corrected chi connectivity index (χ1v) is 6.14. The molecule has 17 heavy (non-hydrogen) atoms. The zero-order chi connectivity index (χ0) is 12.7. The maximum Gasteiger partial charge on any atom is 0.121 e. The molecule has 0 aliphatic carbocycles. The summed E-state index contributed by atoms with van der Waals surface area (Å²) in [6.07, 6.45) is 6.00. The maximum atomic E-state index is 5.90. The number of nitrogens with one attached hydrogen (secondary N) is 1. The van der Waals surface area contributed by atoms with E-state index >= 15 is 0 Å². The number of terminal acetylenes is 1. The molecule has 0 fully saturated rings. The molecule has 0 aliphatic rings. The van der Waals surface area contributed by atoms with Gasteiger partial charge in [-0.25, -0.2) is 0 Å². The largest absolute Gasteiger partial charge is 0.489 e. The fourth-order valence-corrected chi connectivity index (χ4v) is 1.81. The molecule has 0 amide bonds. The Hall–Kier alpha value is -1.17. The van der Waals surface area contributed by atoms with Crippen LogP contribution in [0.15, 0.2) is 24.3 Å². The van der Waals surface area contributed by atoms with E-state index in [4.69, 9.17) is 22.8 Å². The van der Waals surface area contributed by atoms with Crippen molar-refractivity contribution in [1.29, 1.82) is 0 Å². The minimum Gasteiger partial charge on any atom is -0.489 e. The summed E-state index contributed by atoms with van der Waals surface area (Å²) in [5, 5.41) is 3.99. The fraction of sp³-hybridized carbons (Fsp3) is 0.429. The number of benzene rings is 1. The number of hydrogen-bond acceptors (Lipinski definition) is 2. The molecular formula is C14H18ClNO. The van der Waals surface area contributed by atoms with Crippen LogP contribution in [0.25, 0.3) is 0 Å². The fourth-order valence-electron chi connectivity index (χ4n) is 1.63. The molecule has 0 bridgehead atoms. The predicted molar refractivity (Wildman–Crippen MR) is 72.5 cm³/mol. The summed E-state index contributed by atoms with van der Waals surface area (Å²) in [5.41, 5.74) is 0. The highest BCUT2D eigenvalue weighted by Gasteiger charge is 2.16. The molecule has 1 aromatic rings. The smallest absolute Gasteiger partial charge is 0.121 e. The van der Waals surface area contributed by atoms with Crippen LogP contribution in [-0.2, 0) is 0 Å². The zero-order valence-corrected chi connectivity index (χ0v) is 11.0. The van der Waals surface area contributed by atoms with Crippen LogP contribution in [0.3, 0.4) is 0 Å². The molecule has 3 heteroatoms. The van der Waals surface area contributed by atoms with Crippen LogP contribution >= 0.6 is 11.6 Å². The van der Waals surface area contributed by atoms with Crippen molar-refractivity contribution in [3.8, 4) is 18.1 Å². The normalized spacial score (nSPS) is 13.8. The highest BCUT2D eigenvalue weighted by molar-refractivity contribution is 6.30. The lowest BCUT2D eigenvalue weighted by molar-refractivity contribution is 0.173. The molecule has 0 aliphatic heterocycles. The van der Waals surface area contributed by atoms with Gasteiger partial charge in [0.2, 0.25) is 0 Å². The Labute approximate surface area is 108 Å². The van der Waals surface area contributed by atoms with Crippen molar-refractivity contribution in [1.82, 2.24) is 5.32 Å². The number of hydrogen-bond donors (Lipinski definition) is 1. The SMILES string of the molecule is C#CCC(NCC)C(C)Oc1cccc(Cl)c1. The third-order valence-electron chi connectivity index (χ3n) is 2.49. The van der Waals surface area contributed by atoms with Gasteiger partial charge in [-0.1, -0.05) is 24.6 Å². The number of ether oxygens (including phenoxy) is 1. The molecule has 1 rings (SSSR count). The summed E-state index contributed by atoms with van der Waals surface area (Å²) in [7, 11) is 0. The highest BCUT2D eigenvalue weighted by Crippen LogP contribution is 2.19. The molecule has 0 spiro atoms. The Balaban J connectivity index is 2.63. The summed E-state index contributed by atoms with van der Waals surface area (Å²) >= 11 is 5.90. The van der Waals surface area contributed by atoms with E-state index in [1.807, 2.05) is 25.1 Å². The van der Waals surface area contributed by atoms with Crippen LogP contribution in [0, 0.1) is 12.3 Å². The summed E-state index contributed by atoms with van der Waals surface area (Å²) in [5.74, 6) is 3.43. The molecule has 2 atom stereocenters. The van der Waals surface area contributed by atoms with Crippen molar-refractivity contribution in [3.63, 3.8) is 0 Å². The van der Waals surface area contributed by atoms with Crippen LogP contribution < -0.4 is 10.1 Å². The molecule has 0 saturated heterocycles.